The molecule has 0 saturated carbocycles. The number of aromatic nitrogens is 4. The number of nitrogens with zero attached hydrogens (tertiary/aromatic N) is 5. The van der Waals surface area contributed by atoms with Crippen LogP contribution in [0.1, 0.15) is 34.0 Å². The quantitative estimate of drug-likeness (QED) is 0.661. The van der Waals surface area contributed by atoms with Gasteiger partial charge in [0, 0.05) is 24.0 Å². The van der Waals surface area contributed by atoms with Crippen molar-refractivity contribution in [3.8, 4) is 0 Å². The Labute approximate surface area is 163 Å². The molecule has 1 aliphatic heterocycles. The molecular weight excluding hydrogens is 378 g/mol. The van der Waals surface area contributed by atoms with Gasteiger partial charge in [0.15, 0.2) is 9.84 Å². The number of carbonyl (C=O) groups excluding carboxylic acids is 1. The molecule has 2 aromatic heterocycles. The SMILES string of the molecule is Cc1cc(C)n2nc(C(=O)N(Cc3ccccc3)C3CCS(=O)(=O)C3)nc2n1. The van der Waals surface area contributed by atoms with Gasteiger partial charge in [0.25, 0.3) is 11.7 Å². The van der Waals surface area contributed by atoms with Crippen molar-refractivity contribution in [2.45, 2.75) is 32.9 Å². The second kappa shape index (κ2) is 6.97. The van der Waals surface area contributed by atoms with Crippen molar-refractivity contribution >= 4 is 21.5 Å². The maximum absolute atomic E-state index is 13.3. The fourth-order valence-electron chi connectivity index (χ4n) is 3.55. The topological polar surface area (TPSA) is 97.5 Å². The molecule has 1 unspecified atom stereocenters. The minimum Gasteiger partial charge on any atom is -0.328 e. The zero-order chi connectivity index (χ0) is 19.9. The molecule has 3 aromatic rings. The standard InChI is InChI=1S/C19H21N5O3S/c1-13-10-14(2)24-19(20-13)21-17(22-24)18(25)23(11-15-6-4-3-5-7-15)16-8-9-28(26,27)12-16/h3-7,10,16H,8-9,11-12H2,1-2H3. The Morgan fingerprint density at radius 1 is 1.21 bits per heavy atom. The predicted molar refractivity (Wildman–Crippen MR) is 104 cm³/mol. The van der Waals surface area contributed by atoms with Crippen LogP contribution in [-0.4, -0.2) is 56.4 Å². The lowest BCUT2D eigenvalue weighted by molar-refractivity contribution is 0.0668. The first kappa shape index (κ1) is 18.5. The molecule has 1 saturated heterocycles. The van der Waals surface area contributed by atoms with Crippen LogP contribution >= 0.6 is 0 Å². The molecule has 1 aromatic carbocycles. The molecule has 0 spiro atoms. The van der Waals surface area contributed by atoms with Crippen molar-refractivity contribution in [1.29, 1.82) is 0 Å². The van der Waals surface area contributed by atoms with E-state index in [2.05, 4.69) is 15.1 Å². The molecule has 1 amide bonds. The van der Waals surface area contributed by atoms with E-state index in [0.29, 0.717) is 18.7 Å². The summed E-state index contributed by atoms with van der Waals surface area (Å²) in [5.41, 5.74) is 2.54. The summed E-state index contributed by atoms with van der Waals surface area (Å²) in [6.07, 6.45) is 0.421. The average molecular weight is 399 g/mol. The van der Waals surface area contributed by atoms with Gasteiger partial charge in [0.1, 0.15) is 0 Å². The van der Waals surface area contributed by atoms with Gasteiger partial charge in [-0.25, -0.2) is 17.9 Å². The third-order valence-corrected chi connectivity index (χ3v) is 6.67. The molecule has 4 rings (SSSR count). The van der Waals surface area contributed by atoms with Gasteiger partial charge in [-0.3, -0.25) is 4.79 Å². The van der Waals surface area contributed by atoms with E-state index in [1.807, 2.05) is 50.2 Å². The summed E-state index contributed by atoms with van der Waals surface area (Å²) in [7, 11) is -3.14. The molecule has 3 heterocycles. The van der Waals surface area contributed by atoms with Gasteiger partial charge in [-0.1, -0.05) is 30.3 Å². The van der Waals surface area contributed by atoms with E-state index < -0.39 is 9.84 Å². The van der Waals surface area contributed by atoms with Gasteiger partial charge < -0.3 is 4.90 Å². The lowest BCUT2D eigenvalue weighted by atomic mass is 10.1. The van der Waals surface area contributed by atoms with Gasteiger partial charge >= 0.3 is 0 Å². The molecule has 0 N–H and O–H groups in total. The minimum atomic E-state index is -3.14. The van der Waals surface area contributed by atoms with E-state index in [-0.39, 0.29) is 29.3 Å². The highest BCUT2D eigenvalue weighted by Crippen LogP contribution is 2.22. The van der Waals surface area contributed by atoms with Gasteiger partial charge in [-0.15, -0.1) is 5.10 Å². The molecule has 146 valence electrons. The Morgan fingerprint density at radius 3 is 2.64 bits per heavy atom. The number of aryl methyl sites for hydroxylation is 2. The first-order chi connectivity index (χ1) is 13.3. The number of amides is 1. The molecule has 0 bridgehead atoms. The highest BCUT2D eigenvalue weighted by molar-refractivity contribution is 7.91. The maximum Gasteiger partial charge on any atom is 0.294 e. The molecule has 8 nitrogen and oxygen atoms in total. The molecule has 1 atom stereocenters. The molecule has 28 heavy (non-hydrogen) atoms. The number of fused-ring (bicyclic) bond motifs is 1. The van der Waals surface area contributed by atoms with Crippen LogP contribution in [0.2, 0.25) is 0 Å². The lowest BCUT2D eigenvalue weighted by Gasteiger charge is -2.27. The molecule has 0 aliphatic carbocycles. The van der Waals surface area contributed by atoms with E-state index >= 15 is 0 Å². The van der Waals surface area contributed by atoms with Crippen molar-refractivity contribution in [2.24, 2.45) is 0 Å². The molecule has 9 heteroatoms. The van der Waals surface area contributed by atoms with Crippen molar-refractivity contribution in [3.63, 3.8) is 0 Å². The number of benzene rings is 1. The van der Waals surface area contributed by atoms with Crippen LogP contribution in [0.3, 0.4) is 0 Å². The highest BCUT2D eigenvalue weighted by Gasteiger charge is 2.36. The van der Waals surface area contributed by atoms with E-state index in [1.54, 1.807) is 4.90 Å². The third kappa shape index (κ3) is 3.62. The average Bonchev–Trinajstić information content (AvgIpc) is 3.23. The first-order valence-corrected chi connectivity index (χ1v) is 10.9. The lowest BCUT2D eigenvalue weighted by Crippen LogP contribution is -2.41. The Balaban J connectivity index is 1.71. The van der Waals surface area contributed by atoms with Crippen LogP contribution in [0.15, 0.2) is 36.4 Å². The number of hydrogen-bond acceptors (Lipinski definition) is 6. The molecular formula is C19H21N5O3S. The predicted octanol–water partition coefficient (Wildman–Crippen LogP) is 1.57. The van der Waals surface area contributed by atoms with Crippen LogP contribution in [0.5, 0.6) is 0 Å². The minimum absolute atomic E-state index is 0.0291. The number of rotatable bonds is 4. The third-order valence-electron chi connectivity index (χ3n) is 4.92. The van der Waals surface area contributed by atoms with Crippen molar-refractivity contribution in [1.82, 2.24) is 24.5 Å². The Morgan fingerprint density at radius 2 is 1.96 bits per heavy atom. The van der Waals surface area contributed by atoms with Crippen LogP contribution < -0.4 is 0 Å². The fourth-order valence-corrected chi connectivity index (χ4v) is 5.28. The van der Waals surface area contributed by atoms with Gasteiger partial charge in [-0.05, 0) is 31.9 Å². The fraction of sp³-hybridized carbons (Fsp3) is 0.368. The zero-order valence-corrected chi connectivity index (χ0v) is 16.6. The second-order valence-electron chi connectivity index (χ2n) is 7.16. The van der Waals surface area contributed by atoms with Crippen molar-refractivity contribution in [2.75, 3.05) is 11.5 Å². The summed E-state index contributed by atoms with van der Waals surface area (Å²) in [6, 6.07) is 11.0. The van der Waals surface area contributed by atoms with Gasteiger partial charge in [0.05, 0.1) is 11.5 Å². The van der Waals surface area contributed by atoms with Crippen LogP contribution in [-0.2, 0) is 16.4 Å². The summed E-state index contributed by atoms with van der Waals surface area (Å²) < 4.78 is 25.5. The molecule has 0 radical (unpaired) electrons. The second-order valence-corrected chi connectivity index (χ2v) is 9.39. The normalized spacial score (nSPS) is 18.4. The van der Waals surface area contributed by atoms with E-state index in [4.69, 9.17) is 0 Å². The molecule has 1 aliphatic rings. The molecule has 1 fully saturated rings. The Hall–Kier alpha value is -2.81. The largest absolute Gasteiger partial charge is 0.328 e. The van der Waals surface area contributed by atoms with Crippen LogP contribution in [0, 0.1) is 13.8 Å². The maximum atomic E-state index is 13.3. The number of sulfone groups is 1. The monoisotopic (exact) mass is 399 g/mol. The number of hydrogen-bond donors (Lipinski definition) is 0. The highest BCUT2D eigenvalue weighted by atomic mass is 32.2. The summed E-state index contributed by atoms with van der Waals surface area (Å²) in [5.74, 6) is 0.0683. The van der Waals surface area contributed by atoms with E-state index in [9.17, 15) is 13.2 Å². The summed E-state index contributed by atoms with van der Waals surface area (Å²) in [5, 5.41) is 4.33. The van der Waals surface area contributed by atoms with Crippen molar-refractivity contribution < 1.29 is 13.2 Å². The van der Waals surface area contributed by atoms with Crippen LogP contribution in [0.25, 0.3) is 5.78 Å². The Bertz CT molecular complexity index is 1140. The number of carbonyl (C=O) groups is 1. The summed E-state index contributed by atoms with van der Waals surface area (Å²) in [4.78, 5) is 23.5. The zero-order valence-electron chi connectivity index (χ0n) is 15.7. The smallest absolute Gasteiger partial charge is 0.294 e. The summed E-state index contributed by atoms with van der Waals surface area (Å²) in [6.45, 7) is 4.03. The van der Waals surface area contributed by atoms with E-state index in [1.165, 1.54) is 4.52 Å². The Kier molecular flexibility index (Phi) is 4.62. The van der Waals surface area contributed by atoms with Crippen molar-refractivity contribution in [3.05, 3.63) is 59.2 Å². The van der Waals surface area contributed by atoms with E-state index in [0.717, 1.165) is 17.0 Å². The van der Waals surface area contributed by atoms with Gasteiger partial charge in [0.2, 0.25) is 5.82 Å². The van der Waals surface area contributed by atoms with Gasteiger partial charge in [-0.2, -0.15) is 4.98 Å². The van der Waals surface area contributed by atoms with Crippen LogP contribution in [0.4, 0.5) is 0 Å². The first-order valence-electron chi connectivity index (χ1n) is 9.09. The summed E-state index contributed by atoms with van der Waals surface area (Å²) >= 11 is 0.